The second-order valence-electron chi connectivity index (χ2n) is 4.32. The first-order valence-electron chi connectivity index (χ1n) is 5.17. The molecular weight excluding hydrogens is 194 g/mol. The number of fused-ring (bicyclic) bond motifs is 1. The van der Waals surface area contributed by atoms with Gasteiger partial charge in [-0.1, -0.05) is 12.2 Å². The largest absolute Gasteiger partial charge is 0.447 e. The summed E-state index contributed by atoms with van der Waals surface area (Å²) in [4.78, 5) is 23.7. The molecule has 82 valence electrons. The Labute approximate surface area is 88.9 Å². The Bertz CT molecular complexity index is 313. The third kappa shape index (κ3) is 1.54. The van der Waals surface area contributed by atoms with E-state index in [1.54, 1.807) is 4.90 Å². The van der Waals surface area contributed by atoms with E-state index in [0.29, 0.717) is 19.6 Å². The van der Waals surface area contributed by atoms with E-state index in [1.807, 2.05) is 6.92 Å². The summed E-state index contributed by atoms with van der Waals surface area (Å²) in [6.07, 6.45) is 1.15. The minimum absolute atomic E-state index is 0.0735. The summed E-state index contributed by atoms with van der Waals surface area (Å²) in [5.41, 5.74) is 1.05. The third-order valence-corrected chi connectivity index (χ3v) is 3.42. The molecule has 0 spiro atoms. The van der Waals surface area contributed by atoms with Crippen LogP contribution in [-0.2, 0) is 9.53 Å². The van der Waals surface area contributed by atoms with Crippen molar-refractivity contribution in [3.8, 4) is 0 Å². The highest BCUT2D eigenvalue weighted by Crippen LogP contribution is 2.38. The van der Waals surface area contributed by atoms with Gasteiger partial charge < -0.3 is 14.4 Å². The van der Waals surface area contributed by atoms with Crippen LogP contribution in [0, 0.1) is 11.8 Å². The highest BCUT2D eigenvalue weighted by molar-refractivity contribution is 5.71. The third-order valence-electron chi connectivity index (χ3n) is 3.42. The molecule has 15 heavy (non-hydrogen) atoms. The molecule has 0 saturated carbocycles. The highest BCUT2D eigenvalue weighted by Gasteiger charge is 2.48. The Balaban J connectivity index is 2.19. The Hall–Kier alpha value is -1.32. The van der Waals surface area contributed by atoms with E-state index in [2.05, 4.69) is 6.58 Å². The van der Waals surface area contributed by atoms with Gasteiger partial charge in [0.15, 0.2) is 0 Å². The van der Waals surface area contributed by atoms with Crippen molar-refractivity contribution in [1.82, 2.24) is 4.90 Å². The van der Waals surface area contributed by atoms with Gasteiger partial charge in [0.05, 0.1) is 6.04 Å². The lowest BCUT2D eigenvalue weighted by Gasteiger charge is -2.19. The van der Waals surface area contributed by atoms with E-state index >= 15 is 0 Å². The lowest BCUT2D eigenvalue weighted by molar-refractivity contribution is -0.108. The van der Waals surface area contributed by atoms with E-state index in [9.17, 15) is 9.59 Å². The lowest BCUT2D eigenvalue weighted by Crippen LogP contribution is -2.30. The molecule has 4 nitrogen and oxygen atoms in total. The molecule has 0 bridgehead atoms. The summed E-state index contributed by atoms with van der Waals surface area (Å²) in [6, 6.07) is 0.0735. The van der Waals surface area contributed by atoms with E-state index < -0.39 is 0 Å². The first-order valence-corrected chi connectivity index (χ1v) is 5.17. The summed E-state index contributed by atoms with van der Waals surface area (Å²) in [7, 11) is 0. The van der Waals surface area contributed by atoms with Gasteiger partial charge in [-0.25, -0.2) is 4.79 Å². The second kappa shape index (κ2) is 3.68. The van der Waals surface area contributed by atoms with Crippen LogP contribution in [0.1, 0.15) is 13.3 Å². The Morgan fingerprint density at radius 2 is 2.47 bits per heavy atom. The predicted octanol–water partition coefficient (Wildman–Crippen LogP) is 1.22. The number of hydrogen-bond donors (Lipinski definition) is 0. The minimum Gasteiger partial charge on any atom is -0.447 e. The molecule has 0 unspecified atom stereocenters. The molecule has 0 N–H and O–H groups in total. The molecule has 2 saturated heterocycles. The molecule has 2 fully saturated rings. The molecule has 2 rings (SSSR count). The van der Waals surface area contributed by atoms with Crippen LogP contribution in [0.2, 0.25) is 0 Å². The monoisotopic (exact) mass is 209 g/mol. The van der Waals surface area contributed by atoms with E-state index in [1.165, 1.54) is 0 Å². The Kier molecular flexibility index (Phi) is 2.50. The average Bonchev–Trinajstić information content (AvgIpc) is 2.69. The van der Waals surface area contributed by atoms with Crippen LogP contribution in [0.4, 0.5) is 4.79 Å². The van der Waals surface area contributed by atoms with Crippen molar-refractivity contribution in [2.45, 2.75) is 19.4 Å². The van der Waals surface area contributed by atoms with Crippen LogP contribution in [0.5, 0.6) is 0 Å². The summed E-state index contributed by atoms with van der Waals surface area (Å²) in [6.45, 7) is 6.95. The van der Waals surface area contributed by atoms with Crippen molar-refractivity contribution in [2.24, 2.45) is 11.8 Å². The summed E-state index contributed by atoms with van der Waals surface area (Å²) in [5, 5.41) is 0. The van der Waals surface area contributed by atoms with Gasteiger partial charge in [-0.05, 0) is 12.8 Å². The first-order chi connectivity index (χ1) is 7.15. The number of rotatable bonds is 3. The molecule has 0 aromatic carbocycles. The topological polar surface area (TPSA) is 46.6 Å². The molecule has 0 aromatic heterocycles. The van der Waals surface area contributed by atoms with Crippen molar-refractivity contribution < 1.29 is 14.3 Å². The van der Waals surface area contributed by atoms with Crippen molar-refractivity contribution in [2.75, 3.05) is 13.2 Å². The quantitative estimate of drug-likeness (QED) is 0.518. The SMILES string of the molecule is C=C(C)[C@H]1CN2C(=O)OC[C@@H]2[C@H]1CC=O. The van der Waals surface area contributed by atoms with E-state index in [0.717, 1.165) is 11.9 Å². The van der Waals surface area contributed by atoms with Gasteiger partial charge >= 0.3 is 6.09 Å². The number of nitrogens with zero attached hydrogens (tertiary/aromatic N) is 1. The Morgan fingerprint density at radius 1 is 1.73 bits per heavy atom. The lowest BCUT2D eigenvalue weighted by atomic mass is 9.84. The fourth-order valence-corrected chi connectivity index (χ4v) is 2.60. The number of carbonyl (C=O) groups is 2. The fourth-order valence-electron chi connectivity index (χ4n) is 2.60. The number of cyclic esters (lactones) is 1. The highest BCUT2D eigenvalue weighted by atomic mass is 16.6. The standard InChI is InChI=1S/C11H15NO3/c1-7(2)9-5-12-10(6-15-11(12)14)8(9)3-4-13/h4,8-10H,1,3,5-6H2,2H3/t8-,9+,10+/m0/s1. The molecule has 2 heterocycles. The van der Waals surface area contributed by atoms with E-state index in [-0.39, 0.29) is 24.0 Å². The van der Waals surface area contributed by atoms with Gasteiger partial charge in [0.25, 0.3) is 0 Å². The molecule has 1 amide bonds. The van der Waals surface area contributed by atoms with Gasteiger partial charge in [0.1, 0.15) is 12.9 Å². The van der Waals surface area contributed by atoms with Gasteiger partial charge in [-0.15, -0.1) is 0 Å². The fraction of sp³-hybridized carbons (Fsp3) is 0.636. The van der Waals surface area contributed by atoms with Crippen molar-refractivity contribution >= 4 is 12.4 Å². The zero-order valence-electron chi connectivity index (χ0n) is 8.81. The van der Waals surface area contributed by atoms with Gasteiger partial charge in [0, 0.05) is 18.9 Å². The summed E-state index contributed by atoms with van der Waals surface area (Å²) < 4.78 is 4.97. The zero-order chi connectivity index (χ0) is 11.0. The van der Waals surface area contributed by atoms with Crippen LogP contribution in [0.3, 0.4) is 0 Å². The number of ether oxygens (including phenoxy) is 1. The summed E-state index contributed by atoms with van der Waals surface area (Å²) in [5.74, 6) is 0.430. The maximum atomic E-state index is 11.4. The number of aldehydes is 1. The molecule has 2 aliphatic heterocycles. The zero-order valence-corrected chi connectivity index (χ0v) is 8.81. The maximum Gasteiger partial charge on any atom is 0.410 e. The normalized spacial score (nSPS) is 33.8. The molecular formula is C11H15NO3. The first kappa shape index (κ1) is 10.2. The minimum atomic E-state index is -0.250. The van der Waals surface area contributed by atoms with Crippen LogP contribution in [0.15, 0.2) is 12.2 Å². The number of amides is 1. The van der Waals surface area contributed by atoms with Crippen LogP contribution in [0.25, 0.3) is 0 Å². The van der Waals surface area contributed by atoms with Gasteiger partial charge in [0.2, 0.25) is 0 Å². The maximum absolute atomic E-state index is 11.4. The van der Waals surface area contributed by atoms with Crippen LogP contribution < -0.4 is 0 Å². The molecule has 4 heteroatoms. The Morgan fingerprint density at radius 3 is 3.07 bits per heavy atom. The molecule has 3 atom stereocenters. The van der Waals surface area contributed by atoms with Crippen molar-refractivity contribution in [3.05, 3.63) is 12.2 Å². The van der Waals surface area contributed by atoms with Crippen molar-refractivity contribution in [1.29, 1.82) is 0 Å². The van der Waals surface area contributed by atoms with Crippen LogP contribution in [-0.4, -0.2) is 36.5 Å². The smallest absolute Gasteiger partial charge is 0.410 e. The molecule has 2 aliphatic rings. The average molecular weight is 209 g/mol. The van der Waals surface area contributed by atoms with Gasteiger partial charge in [-0.2, -0.15) is 0 Å². The predicted molar refractivity (Wildman–Crippen MR) is 54.3 cm³/mol. The molecule has 0 aromatic rings. The van der Waals surface area contributed by atoms with Crippen LogP contribution >= 0.6 is 0 Å². The number of carbonyl (C=O) groups excluding carboxylic acids is 2. The summed E-state index contributed by atoms with van der Waals surface area (Å²) >= 11 is 0. The molecule has 0 aliphatic carbocycles. The number of hydrogen-bond acceptors (Lipinski definition) is 3. The molecule has 0 radical (unpaired) electrons. The van der Waals surface area contributed by atoms with Gasteiger partial charge in [-0.3, -0.25) is 0 Å². The van der Waals surface area contributed by atoms with E-state index in [4.69, 9.17) is 4.74 Å². The second-order valence-corrected chi connectivity index (χ2v) is 4.32. The van der Waals surface area contributed by atoms with Crippen molar-refractivity contribution in [3.63, 3.8) is 0 Å².